The van der Waals surface area contributed by atoms with Crippen LogP contribution in [-0.2, 0) is 0 Å². The minimum Gasteiger partial charge on any atom is -0.488 e. The van der Waals surface area contributed by atoms with E-state index in [0.29, 0.717) is 23.8 Å². The highest BCUT2D eigenvalue weighted by Gasteiger charge is 2.27. The second kappa shape index (κ2) is 11.6. The highest BCUT2D eigenvalue weighted by molar-refractivity contribution is 5.96. The van der Waals surface area contributed by atoms with Gasteiger partial charge in [-0.15, -0.1) is 0 Å². The summed E-state index contributed by atoms with van der Waals surface area (Å²) in [7, 11) is 0. The molecule has 204 valence electrons. The van der Waals surface area contributed by atoms with Gasteiger partial charge in [0.15, 0.2) is 11.4 Å². The molecule has 3 aromatic rings. The number of benzene rings is 2. The van der Waals surface area contributed by atoms with Gasteiger partial charge < -0.3 is 14.2 Å². The Morgan fingerprint density at radius 3 is 2.37 bits per heavy atom. The van der Waals surface area contributed by atoms with Crippen LogP contribution in [0.15, 0.2) is 47.0 Å². The molecule has 0 spiro atoms. The molecule has 0 N–H and O–H groups in total. The average molecular weight is 521 g/mol. The summed E-state index contributed by atoms with van der Waals surface area (Å²) in [6.45, 7) is 9.37. The molecule has 2 aliphatic rings. The van der Waals surface area contributed by atoms with Gasteiger partial charge in [-0.2, -0.15) is 0 Å². The van der Waals surface area contributed by atoms with Crippen molar-refractivity contribution in [2.45, 2.75) is 83.7 Å². The lowest BCUT2D eigenvalue weighted by molar-refractivity contribution is 0.0939. The summed E-state index contributed by atoms with van der Waals surface area (Å²) in [6.07, 6.45) is 8.81. The van der Waals surface area contributed by atoms with Gasteiger partial charge in [-0.3, -0.25) is 4.79 Å². The quantitative estimate of drug-likeness (QED) is 0.284. The average Bonchev–Trinajstić information content (AvgIpc) is 3.31. The third-order valence-electron chi connectivity index (χ3n) is 8.33. The first-order valence-electron chi connectivity index (χ1n) is 14.3. The number of aromatic nitrogens is 1. The molecule has 1 saturated carbocycles. The number of ketones is 1. The first-order chi connectivity index (χ1) is 18.2. The van der Waals surface area contributed by atoms with Crippen LogP contribution in [0.2, 0.25) is 0 Å². The topological polar surface area (TPSA) is 55.6 Å². The molecule has 2 aromatic carbocycles. The van der Waals surface area contributed by atoms with Crippen LogP contribution in [0.25, 0.3) is 11.0 Å². The Balaban J connectivity index is 1.01. The SMILES string of the molecule is CC(C)(C)Oc1ccc(C(=O)CC2CCC(CCN3CCC(c4noc5cc(F)ccc45)CC3)CC2)cc1. The number of hydrogen-bond acceptors (Lipinski definition) is 5. The molecule has 38 heavy (non-hydrogen) atoms. The van der Waals surface area contributed by atoms with Crippen molar-refractivity contribution in [2.75, 3.05) is 19.6 Å². The Morgan fingerprint density at radius 1 is 1.00 bits per heavy atom. The van der Waals surface area contributed by atoms with Gasteiger partial charge in [0.25, 0.3) is 0 Å². The van der Waals surface area contributed by atoms with E-state index in [0.717, 1.165) is 73.6 Å². The lowest BCUT2D eigenvalue weighted by atomic mass is 9.78. The molecule has 0 amide bonds. The monoisotopic (exact) mass is 520 g/mol. The van der Waals surface area contributed by atoms with E-state index in [1.54, 1.807) is 6.07 Å². The van der Waals surface area contributed by atoms with E-state index in [4.69, 9.17) is 9.26 Å². The molecule has 6 heteroatoms. The highest BCUT2D eigenvalue weighted by Crippen LogP contribution is 2.35. The normalized spacial score (nSPS) is 21.6. The largest absolute Gasteiger partial charge is 0.488 e. The minimum atomic E-state index is -0.285. The molecule has 5 nitrogen and oxygen atoms in total. The van der Waals surface area contributed by atoms with Crippen LogP contribution in [0.5, 0.6) is 5.75 Å². The summed E-state index contributed by atoms with van der Waals surface area (Å²) in [4.78, 5) is 15.4. The molecule has 0 radical (unpaired) electrons. The fourth-order valence-electron chi connectivity index (χ4n) is 6.19. The Bertz CT molecular complexity index is 1210. The molecular formula is C32H41FN2O3. The van der Waals surface area contributed by atoms with Crippen LogP contribution >= 0.6 is 0 Å². The fraction of sp³-hybridized carbons (Fsp3) is 0.562. The Hall–Kier alpha value is -2.73. The lowest BCUT2D eigenvalue weighted by Gasteiger charge is -2.34. The highest BCUT2D eigenvalue weighted by atomic mass is 19.1. The molecular weight excluding hydrogens is 479 g/mol. The van der Waals surface area contributed by atoms with Crippen LogP contribution in [-0.4, -0.2) is 41.1 Å². The van der Waals surface area contributed by atoms with Crippen LogP contribution in [0, 0.1) is 17.7 Å². The number of piperidine rings is 1. The fourth-order valence-corrected chi connectivity index (χ4v) is 6.19. The van der Waals surface area contributed by atoms with Gasteiger partial charge in [0, 0.05) is 29.4 Å². The third-order valence-corrected chi connectivity index (χ3v) is 8.33. The van der Waals surface area contributed by atoms with E-state index in [1.807, 2.05) is 45.0 Å². The Kier molecular flexibility index (Phi) is 8.18. The predicted octanol–water partition coefficient (Wildman–Crippen LogP) is 7.79. The van der Waals surface area contributed by atoms with E-state index < -0.39 is 0 Å². The van der Waals surface area contributed by atoms with Gasteiger partial charge >= 0.3 is 0 Å². The number of likely N-dealkylation sites (tertiary alicyclic amines) is 1. The number of fused-ring (bicyclic) bond motifs is 1. The van der Waals surface area contributed by atoms with Gasteiger partial charge in [0.2, 0.25) is 0 Å². The molecule has 0 atom stereocenters. The van der Waals surface area contributed by atoms with Crippen molar-refractivity contribution in [3.8, 4) is 5.75 Å². The Labute approximate surface area is 225 Å². The van der Waals surface area contributed by atoms with Crippen molar-refractivity contribution < 1.29 is 18.4 Å². The summed E-state index contributed by atoms with van der Waals surface area (Å²) in [5, 5.41) is 5.23. The second-order valence-electron chi connectivity index (χ2n) is 12.4. The molecule has 1 aromatic heterocycles. The van der Waals surface area contributed by atoms with Crippen molar-refractivity contribution in [2.24, 2.45) is 11.8 Å². The van der Waals surface area contributed by atoms with E-state index in [2.05, 4.69) is 10.1 Å². The molecule has 1 aliphatic carbocycles. The smallest absolute Gasteiger partial charge is 0.170 e. The first-order valence-corrected chi connectivity index (χ1v) is 14.3. The number of ether oxygens (including phenoxy) is 1. The van der Waals surface area contributed by atoms with E-state index in [1.165, 1.54) is 31.4 Å². The summed E-state index contributed by atoms with van der Waals surface area (Å²) in [6, 6.07) is 12.3. The standard InChI is InChI=1S/C32H41FN2O3/c1-32(2,3)37-27-11-8-24(9-12-27)29(36)20-23-6-4-22(5-7-23)14-17-35-18-15-25(16-19-35)31-28-13-10-26(33)21-30(28)38-34-31/h8-13,21-23,25H,4-7,14-20H2,1-3H3. The van der Waals surface area contributed by atoms with Crippen LogP contribution in [0.1, 0.15) is 94.1 Å². The Morgan fingerprint density at radius 2 is 1.68 bits per heavy atom. The zero-order chi connectivity index (χ0) is 26.7. The number of carbonyl (C=O) groups excluding carboxylic acids is 1. The maximum Gasteiger partial charge on any atom is 0.170 e. The van der Waals surface area contributed by atoms with Crippen molar-refractivity contribution in [1.82, 2.24) is 10.1 Å². The number of hydrogen-bond donors (Lipinski definition) is 0. The summed E-state index contributed by atoms with van der Waals surface area (Å²) >= 11 is 0. The van der Waals surface area contributed by atoms with E-state index in [9.17, 15) is 9.18 Å². The van der Waals surface area contributed by atoms with Gasteiger partial charge in [0.05, 0.1) is 5.69 Å². The number of nitrogens with zero attached hydrogens (tertiary/aromatic N) is 2. The van der Waals surface area contributed by atoms with Gasteiger partial charge in [-0.05, 0) is 121 Å². The number of Topliss-reactive ketones (excluding diaryl/α,β-unsaturated/α-hetero) is 1. The van der Waals surface area contributed by atoms with Gasteiger partial charge in [0.1, 0.15) is 17.2 Å². The number of carbonyl (C=O) groups is 1. The summed E-state index contributed by atoms with van der Waals surface area (Å²) in [5.41, 5.74) is 2.09. The van der Waals surface area contributed by atoms with E-state index in [-0.39, 0.29) is 17.2 Å². The molecule has 2 fully saturated rings. The maximum absolute atomic E-state index is 13.5. The summed E-state index contributed by atoms with van der Waals surface area (Å²) < 4.78 is 24.7. The molecule has 1 aliphatic heterocycles. The minimum absolute atomic E-state index is 0.240. The van der Waals surface area contributed by atoms with Gasteiger partial charge in [-0.25, -0.2) is 4.39 Å². The van der Waals surface area contributed by atoms with E-state index >= 15 is 0 Å². The van der Waals surface area contributed by atoms with Crippen molar-refractivity contribution >= 4 is 16.8 Å². The molecule has 5 rings (SSSR count). The third kappa shape index (κ3) is 6.82. The first kappa shape index (κ1) is 26.9. The molecule has 0 bridgehead atoms. The van der Waals surface area contributed by atoms with Crippen molar-refractivity contribution in [1.29, 1.82) is 0 Å². The predicted molar refractivity (Wildman–Crippen MR) is 148 cm³/mol. The van der Waals surface area contributed by atoms with Crippen LogP contribution in [0.4, 0.5) is 4.39 Å². The maximum atomic E-state index is 13.5. The zero-order valence-corrected chi connectivity index (χ0v) is 23.0. The lowest BCUT2D eigenvalue weighted by Crippen LogP contribution is -2.35. The zero-order valence-electron chi connectivity index (χ0n) is 23.0. The summed E-state index contributed by atoms with van der Waals surface area (Å²) in [5.74, 6) is 2.43. The number of halogens is 1. The molecule has 2 heterocycles. The molecule has 0 unspecified atom stereocenters. The van der Waals surface area contributed by atoms with Crippen LogP contribution in [0.3, 0.4) is 0 Å². The number of rotatable bonds is 8. The van der Waals surface area contributed by atoms with Crippen molar-refractivity contribution in [3.63, 3.8) is 0 Å². The second-order valence-corrected chi connectivity index (χ2v) is 12.4. The van der Waals surface area contributed by atoms with Crippen molar-refractivity contribution in [3.05, 3.63) is 59.5 Å². The van der Waals surface area contributed by atoms with Crippen LogP contribution < -0.4 is 4.74 Å². The molecule has 1 saturated heterocycles. The van der Waals surface area contributed by atoms with Gasteiger partial charge in [-0.1, -0.05) is 18.0 Å².